The van der Waals surface area contributed by atoms with Gasteiger partial charge in [0.15, 0.2) is 11.5 Å². The number of carbonyl (C=O) groups excluding carboxylic acids is 1. The molecule has 1 saturated heterocycles. The van der Waals surface area contributed by atoms with Crippen LogP contribution in [0.1, 0.15) is 10.5 Å². The van der Waals surface area contributed by atoms with Gasteiger partial charge in [-0.05, 0) is 48.5 Å². The Labute approximate surface area is 196 Å². The molecule has 1 fully saturated rings. The van der Waals surface area contributed by atoms with Crippen molar-refractivity contribution >= 4 is 23.2 Å². The molecular formula is C25H23ClN4O3. The smallest absolute Gasteiger partial charge is 0.274 e. The van der Waals surface area contributed by atoms with Gasteiger partial charge in [-0.15, -0.1) is 0 Å². The Morgan fingerprint density at radius 2 is 1.76 bits per heavy atom. The summed E-state index contributed by atoms with van der Waals surface area (Å²) in [5.74, 6) is 1.37. The van der Waals surface area contributed by atoms with Gasteiger partial charge >= 0.3 is 0 Å². The first kappa shape index (κ1) is 21.2. The normalized spacial score (nSPS) is 13.9. The number of anilines is 1. The predicted molar refractivity (Wildman–Crippen MR) is 127 cm³/mol. The average Bonchev–Trinajstić information content (AvgIpc) is 3.54. The van der Waals surface area contributed by atoms with Crippen LogP contribution in [0.5, 0.6) is 5.75 Å². The van der Waals surface area contributed by atoms with Gasteiger partial charge in [0.05, 0.1) is 19.1 Å². The minimum absolute atomic E-state index is 0.0965. The summed E-state index contributed by atoms with van der Waals surface area (Å²) in [7, 11) is 1.66. The van der Waals surface area contributed by atoms with Crippen molar-refractivity contribution in [1.82, 2.24) is 14.7 Å². The zero-order valence-corrected chi connectivity index (χ0v) is 18.9. The van der Waals surface area contributed by atoms with Crippen LogP contribution in [0.15, 0.2) is 77.4 Å². The van der Waals surface area contributed by atoms with E-state index in [0.717, 1.165) is 30.2 Å². The van der Waals surface area contributed by atoms with Gasteiger partial charge < -0.3 is 19.0 Å². The lowest BCUT2D eigenvalue weighted by Gasteiger charge is -2.35. The second kappa shape index (κ2) is 9.03. The summed E-state index contributed by atoms with van der Waals surface area (Å²) >= 11 is 6.05. The molecule has 1 amide bonds. The van der Waals surface area contributed by atoms with Crippen LogP contribution in [0, 0.1) is 0 Å². The molecule has 2 aromatic carbocycles. The maximum absolute atomic E-state index is 13.3. The van der Waals surface area contributed by atoms with Crippen molar-refractivity contribution in [3.63, 3.8) is 0 Å². The molecule has 3 heterocycles. The highest BCUT2D eigenvalue weighted by Gasteiger charge is 2.26. The highest BCUT2D eigenvalue weighted by Crippen LogP contribution is 2.27. The molecule has 0 unspecified atom stereocenters. The Morgan fingerprint density at radius 1 is 0.970 bits per heavy atom. The van der Waals surface area contributed by atoms with E-state index >= 15 is 0 Å². The van der Waals surface area contributed by atoms with Gasteiger partial charge in [-0.1, -0.05) is 17.7 Å². The first-order valence-corrected chi connectivity index (χ1v) is 11.1. The molecular weight excluding hydrogens is 440 g/mol. The third kappa shape index (κ3) is 4.32. The van der Waals surface area contributed by atoms with Crippen LogP contribution >= 0.6 is 11.6 Å². The number of furan rings is 1. The number of hydrogen-bond donors (Lipinski definition) is 0. The lowest BCUT2D eigenvalue weighted by atomic mass is 10.2. The standard InChI is InChI=1S/C25H23ClN4O3/c1-32-21-5-2-4-20(16-21)28-11-13-29(14-12-28)25(31)22-17-23(24-6-3-15-33-24)30(27-22)19-9-7-18(26)8-10-19/h2-10,15-17H,11-14H2,1H3. The van der Waals surface area contributed by atoms with E-state index in [2.05, 4.69) is 16.1 Å². The summed E-state index contributed by atoms with van der Waals surface area (Å²) in [4.78, 5) is 17.4. The molecule has 5 rings (SSSR count). The fourth-order valence-electron chi connectivity index (χ4n) is 4.00. The summed E-state index contributed by atoms with van der Waals surface area (Å²) in [5, 5.41) is 5.27. The third-order valence-corrected chi connectivity index (χ3v) is 6.01. The number of rotatable bonds is 5. The van der Waals surface area contributed by atoms with Gasteiger partial charge in [0.25, 0.3) is 5.91 Å². The van der Waals surface area contributed by atoms with Crippen molar-refractivity contribution in [2.75, 3.05) is 38.2 Å². The van der Waals surface area contributed by atoms with Gasteiger partial charge in [0.2, 0.25) is 0 Å². The van der Waals surface area contributed by atoms with Crippen molar-refractivity contribution in [2.45, 2.75) is 0 Å². The Hall–Kier alpha value is -3.71. The van der Waals surface area contributed by atoms with Crippen molar-refractivity contribution in [3.8, 4) is 22.9 Å². The Kier molecular flexibility index (Phi) is 5.79. The predicted octanol–water partition coefficient (Wildman–Crippen LogP) is 4.76. The summed E-state index contributed by atoms with van der Waals surface area (Å²) in [6, 6.07) is 20.7. The third-order valence-electron chi connectivity index (χ3n) is 5.76. The summed E-state index contributed by atoms with van der Waals surface area (Å²) in [6.45, 7) is 2.70. The monoisotopic (exact) mass is 462 g/mol. The SMILES string of the molecule is COc1cccc(N2CCN(C(=O)c3cc(-c4ccco4)n(-c4ccc(Cl)cc4)n3)CC2)c1. The molecule has 0 bridgehead atoms. The summed E-state index contributed by atoms with van der Waals surface area (Å²) in [6.07, 6.45) is 1.60. The van der Waals surface area contributed by atoms with Gasteiger partial charge in [-0.3, -0.25) is 4.79 Å². The molecule has 33 heavy (non-hydrogen) atoms. The molecule has 0 atom stereocenters. The quantitative estimate of drug-likeness (QED) is 0.428. The van der Waals surface area contributed by atoms with Crippen LogP contribution in [0.25, 0.3) is 17.1 Å². The largest absolute Gasteiger partial charge is 0.497 e. The highest BCUT2D eigenvalue weighted by atomic mass is 35.5. The fraction of sp³-hybridized carbons (Fsp3) is 0.200. The highest BCUT2D eigenvalue weighted by molar-refractivity contribution is 6.30. The topological polar surface area (TPSA) is 63.7 Å². The summed E-state index contributed by atoms with van der Waals surface area (Å²) < 4.78 is 12.6. The van der Waals surface area contributed by atoms with Crippen LogP contribution < -0.4 is 9.64 Å². The molecule has 1 aliphatic rings. The molecule has 8 heteroatoms. The number of carbonyl (C=O) groups is 1. The van der Waals surface area contributed by atoms with Crippen LogP contribution in [-0.4, -0.2) is 53.9 Å². The number of benzene rings is 2. The van der Waals surface area contributed by atoms with Gasteiger partial charge in [-0.2, -0.15) is 5.10 Å². The number of halogens is 1. The minimum atomic E-state index is -0.0965. The van der Waals surface area contributed by atoms with Gasteiger partial charge in [0.1, 0.15) is 11.4 Å². The number of ether oxygens (including phenoxy) is 1. The van der Waals surface area contributed by atoms with E-state index in [4.69, 9.17) is 20.8 Å². The second-order valence-corrected chi connectivity index (χ2v) is 8.20. The molecule has 168 valence electrons. The van der Waals surface area contributed by atoms with Crippen LogP contribution in [0.2, 0.25) is 5.02 Å². The van der Waals surface area contributed by atoms with Gasteiger partial charge in [0, 0.05) is 49.0 Å². The van der Waals surface area contributed by atoms with E-state index in [-0.39, 0.29) is 5.91 Å². The molecule has 0 aliphatic carbocycles. The molecule has 4 aromatic rings. The van der Waals surface area contributed by atoms with Crippen molar-refractivity contribution in [2.24, 2.45) is 0 Å². The number of hydrogen-bond acceptors (Lipinski definition) is 5. The molecule has 0 radical (unpaired) electrons. The summed E-state index contributed by atoms with van der Waals surface area (Å²) in [5.41, 5.74) is 2.98. The van der Waals surface area contributed by atoms with E-state index in [9.17, 15) is 4.79 Å². The first-order chi connectivity index (χ1) is 16.1. The van der Waals surface area contributed by atoms with Crippen LogP contribution in [-0.2, 0) is 0 Å². The second-order valence-electron chi connectivity index (χ2n) is 7.76. The van der Waals surface area contributed by atoms with Crippen LogP contribution in [0.4, 0.5) is 5.69 Å². The molecule has 0 saturated carbocycles. The van der Waals surface area contributed by atoms with Gasteiger partial charge in [-0.25, -0.2) is 4.68 Å². The Morgan fingerprint density at radius 3 is 2.45 bits per heavy atom. The number of piperazine rings is 1. The Bertz CT molecular complexity index is 1240. The van der Waals surface area contributed by atoms with Crippen molar-refractivity contribution in [3.05, 3.63) is 83.7 Å². The lowest BCUT2D eigenvalue weighted by molar-refractivity contribution is 0.0740. The minimum Gasteiger partial charge on any atom is -0.497 e. The number of nitrogens with zero attached hydrogens (tertiary/aromatic N) is 4. The molecule has 1 aliphatic heterocycles. The average molecular weight is 463 g/mol. The van der Waals surface area contributed by atoms with E-state index in [1.54, 1.807) is 36.3 Å². The number of aromatic nitrogens is 2. The van der Waals surface area contributed by atoms with E-state index < -0.39 is 0 Å². The first-order valence-electron chi connectivity index (χ1n) is 10.7. The fourth-order valence-corrected chi connectivity index (χ4v) is 4.13. The maximum Gasteiger partial charge on any atom is 0.274 e. The molecule has 2 aromatic heterocycles. The Balaban J connectivity index is 1.37. The van der Waals surface area contributed by atoms with Crippen molar-refractivity contribution < 1.29 is 13.9 Å². The van der Waals surface area contributed by atoms with Crippen LogP contribution in [0.3, 0.4) is 0 Å². The van der Waals surface area contributed by atoms with Crippen molar-refractivity contribution in [1.29, 1.82) is 0 Å². The number of methoxy groups -OCH3 is 1. The molecule has 7 nitrogen and oxygen atoms in total. The number of amides is 1. The maximum atomic E-state index is 13.3. The van der Waals surface area contributed by atoms with E-state index in [0.29, 0.717) is 35.3 Å². The zero-order valence-electron chi connectivity index (χ0n) is 18.1. The molecule has 0 N–H and O–H groups in total. The van der Waals surface area contributed by atoms with E-state index in [1.165, 1.54) is 0 Å². The lowest BCUT2D eigenvalue weighted by Crippen LogP contribution is -2.48. The van der Waals surface area contributed by atoms with E-state index in [1.807, 2.05) is 47.4 Å². The zero-order chi connectivity index (χ0) is 22.8. The molecule has 0 spiro atoms.